The largest absolute Gasteiger partial charge is 0.371 e. The van der Waals surface area contributed by atoms with E-state index in [1.165, 1.54) is 28.7 Å². The zero-order chi connectivity index (χ0) is 39.5. The van der Waals surface area contributed by atoms with E-state index in [9.17, 15) is 26.0 Å². The van der Waals surface area contributed by atoms with Crippen molar-refractivity contribution in [2.75, 3.05) is 58.5 Å². The third-order valence-electron chi connectivity index (χ3n) is 9.65. The molecule has 0 aliphatic carbocycles. The minimum Gasteiger partial charge on any atom is -0.371 e. The van der Waals surface area contributed by atoms with E-state index in [0.717, 1.165) is 37.6 Å². The van der Waals surface area contributed by atoms with Gasteiger partial charge in [-0.05, 0) is 80.2 Å². The molecule has 56 heavy (non-hydrogen) atoms. The van der Waals surface area contributed by atoms with Gasteiger partial charge in [-0.3, -0.25) is 14.2 Å². The average molecular weight is 838 g/mol. The molecule has 0 spiro atoms. The number of anilines is 4. The second-order valence-corrected chi connectivity index (χ2v) is 18.6. The van der Waals surface area contributed by atoms with Gasteiger partial charge in [0.2, 0.25) is 5.91 Å². The molecule has 0 saturated carbocycles. The Morgan fingerprint density at radius 1 is 0.804 bits per heavy atom. The van der Waals surface area contributed by atoms with Crippen molar-refractivity contribution in [2.24, 2.45) is 17.6 Å². The van der Waals surface area contributed by atoms with Crippen molar-refractivity contribution in [3.05, 3.63) is 108 Å². The van der Waals surface area contributed by atoms with E-state index in [1.807, 2.05) is 12.1 Å². The number of hydrogen-bond acceptors (Lipinski definition) is 12. The summed E-state index contributed by atoms with van der Waals surface area (Å²) in [7, 11) is -7.25. The Morgan fingerprint density at radius 2 is 1.32 bits per heavy atom. The van der Waals surface area contributed by atoms with E-state index >= 15 is 0 Å². The lowest BCUT2D eigenvalue weighted by molar-refractivity contribution is -0.124. The number of fused-ring (bicyclic) bond motifs is 1. The van der Waals surface area contributed by atoms with E-state index in [1.54, 1.807) is 95.4 Å². The number of benzene rings is 3. The molecule has 19 heteroatoms. The number of nitrogens with one attached hydrogen (secondary N) is 3. The number of hydrogen-bond donors (Lipinski definition) is 4. The summed E-state index contributed by atoms with van der Waals surface area (Å²) in [6, 6.07) is 19.7. The lowest BCUT2D eigenvalue weighted by Gasteiger charge is -2.41. The van der Waals surface area contributed by atoms with Crippen LogP contribution in [0.15, 0.2) is 112 Å². The number of sulfonamides is 2. The second-order valence-electron chi connectivity index (χ2n) is 13.5. The summed E-state index contributed by atoms with van der Waals surface area (Å²) in [4.78, 5) is 25.3. The molecular formula is C37H40FN9O5S4. The first-order valence-electron chi connectivity index (χ1n) is 17.7. The molecular weight excluding hydrogens is 798 g/mol. The summed E-state index contributed by atoms with van der Waals surface area (Å²) < 4.78 is 70.0. The maximum atomic E-state index is 14.0. The van der Waals surface area contributed by atoms with Gasteiger partial charge in [0, 0.05) is 90.7 Å². The number of amides is 1. The number of halogens is 1. The van der Waals surface area contributed by atoms with Gasteiger partial charge in [-0.2, -0.15) is 0 Å². The molecule has 2 fully saturated rings. The molecule has 1 atom stereocenters. The number of nitrogens with two attached hydrogens (primary N) is 1. The van der Waals surface area contributed by atoms with Crippen LogP contribution in [0.4, 0.5) is 26.0 Å². The lowest BCUT2D eigenvalue weighted by atomic mass is 9.99. The van der Waals surface area contributed by atoms with Gasteiger partial charge in [-0.1, -0.05) is 6.07 Å². The van der Waals surface area contributed by atoms with E-state index < -0.39 is 26.1 Å². The van der Waals surface area contributed by atoms with Crippen LogP contribution in [-0.2, 0) is 24.8 Å². The fourth-order valence-corrected chi connectivity index (χ4v) is 9.99. The van der Waals surface area contributed by atoms with Gasteiger partial charge < -0.3 is 25.4 Å². The first-order chi connectivity index (χ1) is 26.9. The SMILES string of the molecule is C[C@@H](C(=O)NCC1CN(c2ccc(S(=O)(=O)Nc3nccs3)cc2)C1)n1ccc2c(F)cccc21.NCC1CN(c2ccc(S(=O)(=O)Nc3nccs3)cc2)C1. The third kappa shape index (κ3) is 8.81. The molecule has 2 aliphatic rings. The van der Waals surface area contributed by atoms with Gasteiger partial charge in [-0.25, -0.2) is 31.2 Å². The van der Waals surface area contributed by atoms with E-state index in [4.69, 9.17) is 5.73 Å². The topological polar surface area (TPSA) is 185 Å². The number of rotatable bonds is 13. The molecule has 5 heterocycles. The second kappa shape index (κ2) is 16.6. The minimum absolute atomic E-state index is 0.118. The average Bonchev–Trinajstić information content (AvgIpc) is 3.94. The van der Waals surface area contributed by atoms with Crippen LogP contribution in [0.25, 0.3) is 10.9 Å². The first-order valence-corrected chi connectivity index (χ1v) is 22.4. The number of carbonyl (C=O) groups excluding carboxylic acids is 1. The van der Waals surface area contributed by atoms with Crippen LogP contribution in [0.3, 0.4) is 0 Å². The zero-order valence-electron chi connectivity index (χ0n) is 30.2. The number of aromatic nitrogens is 3. The summed E-state index contributed by atoms with van der Waals surface area (Å²) >= 11 is 2.46. The number of carbonyl (C=O) groups is 1. The Bertz CT molecular complexity index is 2470. The van der Waals surface area contributed by atoms with Crippen LogP contribution in [0.1, 0.15) is 13.0 Å². The van der Waals surface area contributed by atoms with Crippen LogP contribution in [-0.4, -0.2) is 76.5 Å². The van der Waals surface area contributed by atoms with Crippen LogP contribution < -0.4 is 30.3 Å². The molecule has 3 aromatic heterocycles. The monoisotopic (exact) mass is 837 g/mol. The normalized spacial score (nSPS) is 15.3. The third-order valence-corrected chi connectivity index (χ3v) is 14.0. The van der Waals surface area contributed by atoms with E-state index in [2.05, 4.69) is 34.5 Å². The van der Waals surface area contributed by atoms with Crippen molar-refractivity contribution in [3.8, 4) is 0 Å². The zero-order valence-corrected chi connectivity index (χ0v) is 33.4. The summed E-state index contributed by atoms with van der Waals surface area (Å²) in [5, 5.41) is 7.62. The highest BCUT2D eigenvalue weighted by Gasteiger charge is 2.29. The van der Waals surface area contributed by atoms with Crippen LogP contribution in [0.5, 0.6) is 0 Å². The molecule has 14 nitrogen and oxygen atoms in total. The van der Waals surface area contributed by atoms with Crippen LogP contribution in [0, 0.1) is 17.7 Å². The summed E-state index contributed by atoms with van der Waals surface area (Å²) in [5.41, 5.74) is 8.24. The van der Waals surface area contributed by atoms with Crippen molar-refractivity contribution in [1.82, 2.24) is 19.9 Å². The van der Waals surface area contributed by atoms with Gasteiger partial charge in [0.15, 0.2) is 10.3 Å². The van der Waals surface area contributed by atoms with Crippen molar-refractivity contribution in [1.29, 1.82) is 0 Å². The summed E-state index contributed by atoms with van der Waals surface area (Å²) in [6.45, 7) is 6.41. The van der Waals surface area contributed by atoms with E-state index in [0.29, 0.717) is 46.1 Å². The Labute approximate surface area is 332 Å². The van der Waals surface area contributed by atoms with Crippen molar-refractivity contribution in [2.45, 2.75) is 22.8 Å². The highest BCUT2D eigenvalue weighted by Crippen LogP contribution is 2.29. The lowest BCUT2D eigenvalue weighted by Crippen LogP contribution is -2.52. The molecule has 0 bridgehead atoms. The summed E-state index contributed by atoms with van der Waals surface area (Å²) in [6.07, 6.45) is 4.83. The highest BCUT2D eigenvalue weighted by molar-refractivity contribution is 7.93. The molecule has 8 rings (SSSR count). The van der Waals surface area contributed by atoms with Gasteiger partial charge in [-0.15, -0.1) is 22.7 Å². The van der Waals surface area contributed by atoms with Crippen LogP contribution >= 0.6 is 22.7 Å². The molecule has 2 aliphatic heterocycles. The smallest absolute Gasteiger partial charge is 0.263 e. The van der Waals surface area contributed by atoms with Gasteiger partial charge in [0.05, 0.1) is 15.3 Å². The van der Waals surface area contributed by atoms with Gasteiger partial charge in [0.1, 0.15) is 11.9 Å². The van der Waals surface area contributed by atoms with Gasteiger partial charge in [0.25, 0.3) is 20.0 Å². The molecule has 3 aromatic carbocycles. The molecule has 2 saturated heterocycles. The molecule has 294 valence electrons. The fraction of sp³-hybridized carbons (Fsp3) is 0.270. The number of nitrogens with zero attached hydrogens (tertiary/aromatic N) is 5. The Balaban J connectivity index is 0.000000195. The Kier molecular flexibility index (Phi) is 11.6. The van der Waals surface area contributed by atoms with Gasteiger partial charge >= 0.3 is 0 Å². The Morgan fingerprint density at radius 3 is 1.80 bits per heavy atom. The highest BCUT2D eigenvalue weighted by atomic mass is 32.2. The predicted octanol–water partition coefficient (Wildman–Crippen LogP) is 5.19. The standard InChI is InChI=1S/C24H24FN5O3S2.C13H16N4O2S2/c1-16(30-11-9-20-21(25)3-2-4-22(20)30)23(31)27-13-17-14-29(15-17)18-5-7-19(8-6-18)35(32,33)28-24-26-10-12-34-24;14-7-10-8-17(9-10)11-1-3-12(4-2-11)21(18,19)16-13-15-5-6-20-13/h2-12,16-17H,13-15H2,1H3,(H,26,28)(H,27,31);1-6,10H,7-9,14H2,(H,15,16)/t16-;/m0./s1. The summed E-state index contributed by atoms with van der Waals surface area (Å²) in [5.74, 6) is 0.414. The van der Waals surface area contributed by atoms with Crippen LogP contribution in [0.2, 0.25) is 0 Å². The molecule has 5 N–H and O–H groups in total. The molecule has 6 aromatic rings. The van der Waals surface area contributed by atoms with Crippen molar-refractivity contribution in [3.63, 3.8) is 0 Å². The van der Waals surface area contributed by atoms with E-state index in [-0.39, 0.29) is 21.5 Å². The van der Waals surface area contributed by atoms with Crippen molar-refractivity contribution >= 4 is 81.2 Å². The quantitative estimate of drug-likeness (QED) is 0.121. The maximum absolute atomic E-state index is 14.0. The molecule has 0 unspecified atom stereocenters. The first kappa shape index (κ1) is 39.2. The molecule has 0 radical (unpaired) electrons. The fourth-order valence-electron chi connectivity index (χ4n) is 6.41. The Hall–Kier alpha value is -5.08. The maximum Gasteiger partial charge on any atom is 0.263 e. The number of thiazole rings is 2. The predicted molar refractivity (Wildman–Crippen MR) is 219 cm³/mol. The minimum atomic E-state index is -3.68. The van der Waals surface area contributed by atoms with Crippen molar-refractivity contribution < 1.29 is 26.0 Å². The molecule has 1 amide bonds.